The summed E-state index contributed by atoms with van der Waals surface area (Å²) < 4.78 is 0. The van der Waals surface area contributed by atoms with Gasteiger partial charge >= 0.3 is 35.5 Å². The quantitative estimate of drug-likeness (QED) is 0.410. The second-order valence-corrected chi connectivity index (χ2v) is 2.03. The summed E-state index contributed by atoms with van der Waals surface area (Å²) in [5.41, 5.74) is 0.944. The van der Waals surface area contributed by atoms with E-state index >= 15 is 0 Å². The molecule has 0 radical (unpaired) electrons. The zero-order chi connectivity index (χ0) is 8.27. The van der Waals surface area contributed by atoms with Gasteiger partial charge in [0, 0.05) is 5.56 Å². The van der Waals surface area contributed by atoms with E-state index in [9.17, 15) is 4.79 Å². The molecule has 0 fully saturated rings. The first-order valence-electron chi connectivity index (χ1n) is 3.04. The maximum atomic E-state index is 10.3. The average Bonchev–Trinajstić information content (AvgIpc) is 2.05. The minimum atomic E-state index is -0.937. The summed E-state index contributed by atoms with van der Waals surface area (Å²) in [6, 6.07) is 6.17. The molecule has 0 aliphatic rings. The second-order valence-electron chi connectivity index (χ2n) is 2.03. The van der Waals surface area contributed by atoms with Gasteiger partial charge in [-0.2, -0.15) is 0 Å². The third-order valence-electron chi connectivity index (χ3n) is 1.30. The Bertz CT molecular complexity index is 313. The van der Waals surface area contributed by atoms with Crippen LogP contribution in [0, 0.1) is 12.3 Å². The van der Waals surface area contributed by atoms with Gasteiger partial charge in [-0.1, -0.05) is 5.92 Å². The zero-order valence-electron chi connectivity index (χ0n) is 7.74. The first-order valence-corrected chi connectivity index (χ1v) is 3.04. The minimum absolute atomic E-state index is 0. The molecule has 12 heavy (non-hydrogen) atoms. The van der Waals surface area contributed by atoms with Crippen LogP contribution in [0.1, 0.15) is 17.3 Å². The zero-order valence-corrected chi connectivity index (χ0v) is 8.74. The van der Waals surface area contributed by atoms with Crippen LogP contribution < -0.4 is 29.6 Å². The van der Waals surface area contributed by atoms with Crippen molar-refractivity contribution >= 4 is 5.97 Å². The van der Waals surface area contributed by atoms with E-state index < -0.39 is 5.97 Å². The van der Waals surface area contributed by atoms with E-state index in [1.165, 1.54) is 12.1 Å². The van der Waals surface area contributed by atoms with Crippen molar-refractivity contribution in [1.82, 2.24) is 0 Å². The minimum Gasteiger partial charge on any atom is -1.00 e. The van der Waals surface area contributed by atoms with Gasteiger partial charge in [0.05, 0.1) is 5.56 Å². The number of aromatic carboxylic acids is 1. The van der Waals surface area contributed by atoms with Crippen molar-refractivity contribution in [2.75, 3.05) is 0 Å². The monoisotopic (exact) mass is 170 g/mol. The third kappa shape index (κ3) is 2.71. The molecule has 0 aliphatic carbocycles. The molecular weight excluding hydrogens is 163 g/mol. The van der Waals surface area contributed by atoms with Crippen molar-refractivity contribution < 1.29 is 40.9 Å². The number of benzene rings is 1. The maximum Gasteiger partial charge on any atom is 1.00 e. The molecule has 0 atom stereocenters. The number of carbonyl (C=O) groups is 1. The number of carboxylic acids is 1. The largest absolute Gasteiger partial charge is 1.00 e. The standard InChI is InChI=1S/C9H6O2.Na.H/c1-2-7-3-5-8(6-4-7)9(10)11;;/h1,3-6H,(H,10,11);;/q;+1;-1. The Labute approximate surface area is 94.4 Å². The molecule has 0 unspecified atom stereocenters. The Kier molecular flexibility index (Phi) is 4.68. The molecule has 0 spiro atoms. The van der Waals surface area contributed by atoms with Crippen molar-refractivity contribution in [1.29, 1.82) is 0 Å². The van der Waals surface area contributed by atoms with Crippen molar-refractivity contribution in [3.8, 4) is 12.3 Å². The van der Waals surface area contributed by atoms with Crippen LogP contribution in [0.25, 0.3) is 0 Å². The van der Waals surface area contributed by atoms with Crippen LogP contribution in [-0.4, -0.2) is 11.1 Å². The summed E-state index contributed by atoms with van der Waals surface area (Å²) >= 11 is 0. The number of rotatable bonds is 1. The van der Waals surface area contributed by atoms with Crippen LogP contribution in [0.2, 0.25) is 0 Å². The smallest absolute Gasteiger partial charge is 1.00 e. The van der Waals surface area contributed by atoms with Gasteiger partial charge in [-0.3, -0.25) is 0 Å². The molecular formula is C9H7NaO2. The Morgan fingerprint density at radius 3 is 2.25 bits per heavy atom. The van der Waals surface area contributed by atoms with Gasteiger partial charge in [0.15, 0.2) is 0 Å². The number of carboxylic acid groups (broad SMARTS) is 1. The number of hydrogen-bond acceptors (Lipinski definition) is 1. The molecule has 2 nitrogen and oxygen atoms in total. The summed E-state index contributed by atoms with van der Waals surface area (Å²) in [4.78, 5) is 10.3. The van der Waals surface area contributed by atoms with Crippen molar-refractivity contribution in [2.24, 2.45) is 0 Å². The van der Waals surface area contributed by atoms with E-state index in [2.05, 4.69) is 5.92 Å². The second kappa shape index (κ2) is 5.00. The number of hydrogen-bond donors (Lipinski definition) is 1. The van der Waals surface area contributed by atoms with E-state index in [0.717, 1.165) is 0 Å². The third-order valence-corrected chi connectivity index (χ3v) is 1.30. The Morgan fingerprint density at radius 2 is 1.92 bits per heavy atom. The first kappa shape index (κ1) is 11.2. The molecule has 1 aromatic rings. The Balaban J connectivity index is 0. The van der Waals surface area contributed by atoms with Crippen LogP contribution in [-0.2, 0) is 0 Å². The molecule has 0 aliphatic heterocycles. The molecule has 0 heterocycles. The van der Waals surface area contributed by atoms with Gasteiger partial charge in [-0.25, -0.2) is 4.79 Å². The van der Waals surface area contributed by atoms with Gasteiger partial charge in [0.2, 0.25) is 0 Å². The van der Waals surface area contributed by atoms with E-state index in [1.54, 1.807) is 12.1 Å². The van der Waals surface area contributed by atoms with Gasteiger partial charge in [-0.05, 0) is 24.3 Å². The maximum absolute atomic E-state index is 10.3. The van der Waals surface area contributed by atoms with E-state index in [1.807, 2.05) is 0 Å². The van der Waals surface area contributed by atoms with Crippen molar-refractivity contribution in [3.63, 3.8) is 0 Å². The van der Waals surface area contributed by atoms with Gasteiger partial charge in [0.25, 0.3) is 0 Å². The molecule has 0 amide bonds. The van der Waals surface area contributed by atoms with E-state index in [-0.39, 0.29) is 36.5 Å². The SMILES string of the molecule is C#Cc1ccc(C(=O)O)cc1.[H-].[Na+]. The summed E-state index contributed by atoms with van der Waals surface area (Å²) in [7, 11) is 0. The van der Waals surface area contributed by atoms with Crippen LogP contribution >= 0.6 is 0 Å². The molecule has 0 bridgehead atoms. The molecule has 3 heteroatoms. The summed E-state index contributed by atoms with van der Waals surface area (Å²) in [5, 5.41) is 8.50. The summed E-state index contributed by atoms with van der Waals surface area (Å²) in [6.07, 6.45) is 5.08. The van der Waals surface area contributed by atoms with Gasteiger partial charge in [-0.15, -0.1) is 6.42 Å². The molecule has 0 aromatic heterocycles. The Morgan fingerprint density at radius 1 is 1.42 bits per heavy atom. The van der Waals surface area contributed by atoms with Crippen LogP contribution in [0.3, 0.4) is 0 Å². The van der Waals surface area contributed by atoms with Crippen LogP contribution in [0.5, 0.6) is 0 Å². The van der Waals surface area contributed by atoms with E-state index in [4.69, 9.17) is 11.5 Å². The summed E-state index contributed by atoms with van der Waals surface area (Å²) in [6.45, 7) is 0. The predicted octanol–water partition coefficient (Wildman–Crippen LogP) is -1.52. The fourth-order valence-electron chi connectivity index (χ4n) is 0.709. The topological polar surface area (TPSA) is 37.3 Å². The normalized spacial score (nSPS) is 7.92. The average molecular weight is 170 g/mol. The summed E-state index contributed by atoms with van der Waals surface area (Å²) in [5.74, 6) is 1.46. The predicted molar refractivity (Wildman–Crippen MR) is 42.4 cm³/mol. The Hall–Kier alpha value is -0.750. The molecule has 1 rings (SSSR count). The van der Waals surface area contributed by atoms with Crippen molar-refractivity contribution in [3.05, 3.63) is 35.4 Å². The van der Waals surface area contributed by atoms with Crippen LogP contribution in [0.15, 0.2) is 24.3 Å². The first-order chi connectivity index (χ1) is 5.24. The van der Waals surface area contributed by atoms with Gasteiger partial charge < -0.3 is 6.53 Å². The van der Waals surface area contributed by atoms with Gasteiger partial charge in [0.1, 0.15) is 0 Å². The van der Waals surface area contributed by atoms with Crippen LogP contribution in [0.4, 0.5) is 0 Å². The fraction of sp³-hybridized carbons (Fsp3) is 0. The molecule has 1 aromatic carbocycles. The molecule has 1 N–H and O–H groups in total. The van der Waals surface area contributed by atoms with E-state index in [0.29, 0.717) is 5.56 Å². The fourth-order valence-corrected chi connectivity index (χ4v) is 0.709. The van der Waals surface area contributed by atoms with Crippen molar-refractivity contribution in [2.45, 2.75) is 0 Å². The number of terminal acetylenes is 1. The molecule has 56 valence electrons. The molecule has 0 saturated heterocycles. The molecule has 0 saturated carbocycles.